The molecule has 0 saturated carbocycles. The van der Waals surface area contributed by atoms with Gasteiger partial charge in [0.1, 0.15) is 12.4 Å². The van der Waals surface area contributed by atoms with E-state index in [1.807, 2.05) is 84.9 Å². The molecule has 0 saturated heterocycles. The number of benzene rings is 4. The number of ether oxygens (including phenoxy) is 2. The van der Waals surface area contributed by atoms with Crippen molar-refractivity contribution in [2.75, 3.05) is 6.61 Å². The Hall–Kier alpha value is -5.23. The van der Waals surface area contributed by atoms with Crippen LogP contribution in [0.2, 0.25) is 5.02 Å². The highest BCUT2D eigenvalue weighted by Crippen LogP contribution is 2.35. The van der Waals surface area contributed by atoms with Gasteiger partial charge >= 0.3 is 5.97 Å². The van der Waals surface area contributed by atoms with Gasteiger partial charge in [0.05, 0.1) is 40.1 Å². The van der Waals surface area contributed by atoms with Crippen LogP contribution in [0.1, 0.15) is 40.8 Å². The Morgan fingerprint density at radius 1 is 1.00 bits per heavy atom. The molecule has 7 nitrogen and oxygen atoms in total. The number of nitriles is 1. The number of nitrogens with zero attached hydrogens (tertiary/aromatic N) is 3. The van der Waals surface area contributed by atoms with Crippen molar-refractivity contribution in [3.05, 3.63) is 161 Å². The van der Waals surface area contributed by atoms with Gasteiger partial charge in [-0.15, -0.1) is 0 Å². The molecule has 6 rings (SSSR count). The molecule has 1 aliphatic heterocycles. The van der Waals surface area contributed by atoms with Crippen LogP contribution in [0.3, 0.4) is 0 Å². The number of rotatable bonds is 8. The highest BCUT2D eigenvalue weighted by atomic mass is 35.5. The Morgan fingerprint density at radius 3 is 2.38 bits per heavy atom. The van der Waals surface area contributed by atoms with Crippen LogP contribution in [0.4, 0.5) is 0 Å². The van der Waals surface area contributed by atoms with Crippen molar-refractivity contribution in [3.8, 4) is 11.8 Å². The summed E-state index contributed by atoms with van der Waals surface area (Å²) in [5, 5.41) is 9.53. The van der Waals surface area contributed by atoms with E-state index in [4.69, 9.17) is 31.3 Å². The summed E-state index contributed by atoms with van der Waals surface area (Å²) in [4.78, 5) is 32.9. The molecule has 0 fully saturated rings. The summed E-state index contributed by atoms with van der Waals surface area (Å²) in [7, 11) is 0. The van der Waals surface area contributed by atoms with E-state index in [-0.39, 0.29) is 17.7 Å². The minimum absolute atomic E-state index is 0.176. The maximum Gasteiger partial charge on any atom is 0.338 e. The number of aromatic nitrogens is 1. The molecule has 5 aromatic rings. The van der Waals surface area contributed by atoms with Gasteiger partial charge < -0.3 is 9.47 Å². The van der Waals surface area contributed by atoms with Gasteiger partial charge in [-0.05, 0) is 66.1 Å². The van der Waals surface area contributed by atoms with E-state index in [1.54, 1.807) is 35.8 Å². The number of hydrogen-bond acceptors (Lipinski definition) is 7. The Kier molecular flexibility index (Phi) is 8.74. The first-order chi connectivity index (χ1) is 21.9. The van der Waals surface area contributed by atoms with E-state index >= 15 is 0 Å². The van der Waals surface area contributed by atoms with Crippen LogP contribution in [0.25, 0.3) is 11.8 Å². The number of esters is 1. The minimum atomic E-state index is -0.770. The van der Waals surface area contributed by atoms with Crippen LogP contribution in [-0.2, 0) is 16.1 Å². The van der Waals surface area contributed by atoms with E-state index in [0.29, 0.717) is 43.5 Å². The SMILES string of the molecule is CCOC(=O)C1=C(c2ccccc2)N=c2s/c(=C\c3ccc(OCc4ccc(C#N)cc4)cc3)c(=O)n2[C@@H]1c1ccc(Cl)cc1. The summed E-state index contributed by atoms with van der Waals surface area (Å²) < 4.78 is 13.4. The lowest BCUT2D eigenvalue weighted by atomic mass is 9.93. The van der Waals surface area contributed by atoms with Gasteiger partial charge in [0.15, 0.2) is 4.80 Å². The molecule has 1 aliphatic rings. The first-order valence-corrected chi connectivity index (χ1v) is 15.4. The van der Waals surface area contributed by atoms with Gasteiger partial charge in [-0.3, -0.25) is 9.36 Å². The molecule has 222 valence electrons. The largest absolute Gasteiger partial charge is 0.489 e. The molecule has 0 radical (unpaired) electrons. The molecular weight excluding hydrogens is 606 g/mol. The molecule has 9 heteroatoms. The van der Waals surface area contributed by atoms with E-state index in [0.717, 1.165) is 16.7 Å². The summed E-state index contributed by atoms with van der Waals surface area (Å²) in [5.74, 6) is 0.137. The monoisotopic (exact) mass is 631 g/mol. The number of thiazole rings is 1. The van der Waals surface area contributed by atoms with Gasteiger partial charge in [-0.25, -0.2) is 9.79 Å². The zero-order valence-corrected chi connectivity index (χ0v) is 25.7. The summed E-state index contributed by atoms with van der Waals surface area (Å²) in [6, 6.07) is 32.5. The van der Waals surface area contributed by atoms with E-state index < -0.39 is 12.0 Å². The average Bonchev–Trinajstić information content (AvgIpc) is 3.38. The Balaban J connectivity index is 1.40. The normalized spacial score (nSPS) is 14.3. The first kappa shape index (κ1) is 29.8. The second-order valence-corrected chi connectivity index (χ2v) is 11.6. The van der Waals surface area contributed by atoms with Crippen LogP contribution >= 0.6 is 22.9 Å². The molecular formula is C36H26ClN3O4S. The third-order valence-electron chi connectivity index (χ3n) is 7.23. The molecule has 0 spiro atoms. The van der Waals surface area contributed by atoms with Gasteiger partial charge in [-0.2, -0.15) is 5.26 Å². The number of carbonyl (C=O) groups is 1. The molecule has 45 heavy (non-hydrogen) atoms. The molecule has 0 unspecified atom stereocenters. The van der Waals surface area contributed by atoms with Crippen molar-refractivity contribution >= 4 is 40.7 Å². The lowest BCUT2D eigenvalue weighted by Gasteiger charge is -2.25. The zero-order valence-electron chi connectivity index (χ0n) is 24.1. The fraction of sp³-hybridized carbons (Fsp3) is 0.111. The smallest absolute Gasteiger partial charge is 0.338 e. The number of fused-ring (bicyclic) bond motifs is 1. The Bertz CT molecular complexity index is 2110. The fourth-order valence-corrected chi connectivity index (χ4v) is 6.18. The van der Waals surface area contributed by atoms with Crippen molar-refractivity contribution in [2.45, 2.75) is 19.6 Å². The highest BCUT2D eigenvalue weighted by Gasteiger charge is 2.35. The maximum atomic E-state index is 14.0. The van der Waals surface area contributed by atoms with Crippen LogP contribution in [0.5, 0.6) is 5.75 Å². The molecule has 1 aromatic heterocycles. The summed E-state index contributed by atoms with van der Waals surface area (Å²) in [6.07, 6.45) is 1.81. The standard InChI is InChI=1S/C36H26ClN3O4S/c1-2-43-35(42)31-32(26-6-4-3-5-7-26)39-36-40(33(31)27-14-16-28(37)17-15-27)34(41)30(45-36)20-23-12-18-29(19-13-23)44-22-25-10-8-24(21-38)9-11-25/h3-20,33H,2,22H2,1H3/b30-20-/t33-/m1/s1. The third kappa shape index (κ3) is 6.36. The second kappa shape index (κ2) is 13.2. The summed E-state index contributed by atoms with van der Waals surface area (Å²) in [5.41, 5.74) is 4.29. The topological polar surface area (TPSA) is 93.7 Å². The zero-order chi connectivity index (χ0) is 31.3. The van der Waals surface area contributed by atoms with Crippen LogP contribution in [0.15, 0.2) is 118 Å². The number of carbonyl (C=O) groups excluding carboxylic acids is 1. The summed E-state index contributed by atoms with van der Waals surface area (Å²) >= 11 is 7.47. The molecule has 0 N–H and O–H groups in total. The number of halogens is 1. The van der Waals surface area contributed by atoms with E-state index in [2.05, 4.69) is 6.07 Å². The summed E-state index contributed by atoms with van der Waals surface area (Å²) in [6.45, 7) is 2.28. The maximum absolute atomic E-state index is 14.0. The highest BCUT2D eigenvalue weighted by molar-refractivity contribution is 7.07. The Labute approximate surface area is 268 Å². The van der Waals surface area contributed by atoms with Crippen molar-refractivity contribution in [1.29, 1.82) is 5.26 Å². The van der Waals surface area contributed by atoms with E-state index in [9.17, 15) is 9.59 Å². The quantitative estimate of drug-likeness (QED) is 0.195. The Morgan fingerprint density at radius 2 is 1.71 bits per heavy atom. The van der Waals surface area contributed by atoms with E-state index in [1.165, 1.54) is 11.3 Å². The molecule has 1 atom stereocenters. The lowest BCUT2D eigenvalue weighted by Crippen LogP contribution is -2.40. The lowest BCUT2D eigenvalue weighted by molar-refractivity contribution is -0.138. The van der Waals surface area contributed by atoms with Crippen molar-refractivity contribution < 1.29 is 14.3 Å². The van der Waals surface area contributed by atoms with Crippen molar-refractivity contribution in [3.63, 3.8) is 0 Å². The third-order valence-corrected chi connectivity index (χ3v) is 8.46. The second-order valence-electron chi connectivity index (χ2n) is 10.1. The van der Waals surface area contributed by atoms with Crippen molar-refractivity contribution in [1.82, 2.24) is 4.57 Å². The predicted octanol–water partition coefficient (Wildman–Crippen LogP) is 6.04. The van der Waals surface area contributed by atoms with Crippen LogP contribution in [-0.4, -0.2) is 17.1 Å². The molecule has 0 amide bonds. The fourth-order valence-electron chi connectivity index (χ4n) is 5.05. The number of hydrogen-bond donors (Lipinski definition) is 0. The molecule has 0 bridgehead atoms. The van der Waals surface area contributed by atoms with Gasteiger partial charge in [-0.1, -0.05) is 89.7 Å². The molecule has 4 aromatic carbocycles. The van der Waals surface area contributed by atoms with Crippen LogP contribution < -0.4 is 19.6 Å². The van der Waals surface area contributed by atoms with Gasteiger partial charge in [0.2, 0.25) is 0 Å². The van der Waals surface area contributed by atoms with Crippen molar-refractivity contribution in [2.24, 2.45) is 4.99 Å². The first-order valence-electron chi connectivity index (χ1n) is 14.2. The predicted molar refractivity (Wildman–Crippen MR) is 174 cm³/mol. The molecule has 0 aliphatic carbocycles. The van der Waals surface area contributed by atoms with Crippen LogP contribution in [0, 0.1) is 11.3 Å². The average molecular weight is 632 g/mol. The van der Waals surface area contributed by atoms with Gasteiger partial charge in [0.25, 0.3) is 5.56 Å². The van der Waals surface area contributed by atoms with Gasteiger partial charge in [0, 0.05) is 10.6 Å². The molecule has 2 heterocycles. The minimum Gasteiger partial charge on any atom is -0.489 e.